The molecule has 1 amide bonds. The first-order chi connectivity index (χ1) is 18.5. The van der Waals surface area contributed by atoms with Crippen molar-refractivity contribution in [3.63, 3.8) is 0 Å². The van der Waals surface area contributed by atoms with Crippen molar-refractivity contribution < 1.29 is 14.3 Å². The number of ether oxygens (including phenoxy) is 1. The van der Waals surface area contributed by atoms with Crippen LogP contribution in [0.2, 0.25) is 0 Å². The maximum atomic E-state index is 13.6. The predicted molar refractivity (Wildman–Crippen MR) is 149 cm³/mol. The molecule has 1 aromatic heterocycles. The average molecular weight is 525 g/mol. The molecule has 0 radical (unpaired) electrons. The SMILES string of the molecule is CC1=C(C(=O)OCc2ccccc2)C(c2ccccc2C)N2C(CC(=O)NCc3ccncc3)=CSC2=N1. The number of aryl methyl sites for hydroxylation is 1. The van der Waals surface area contributed by atoms with E-state index in [9.17, 15) is 9.59 Å². The molecule has 1 atom stereocenters. The Morgan fingerprint density at radius 2 is 1.71 bits per heavy atom. The number of thioether (sulfide) groups is 1. The molecular weight excluding hydrogens is 496 g/mol. The highest BCUT2D eigenvalue weighted by atomic mass is 32.2. The van der Waals surface area contributed by atoms with Crippen molar-refractivity contribution in [2.45, 2.75) is 39.5 Å². The van der Waals surface area contributed by atoms with Crippen LogP contribution in [0.15, 0.2) is 106 Å². The van der Waals surface area contributed by atoms with Crippen LogP contribution in [-0.2, 0) is 27.5 Å². The van der Waals surface area contributed by atoms with E-state index in [0.29, 0.717) is 17.8 Å². The molecule has 0 aliphatic carbocycles. The van der Waals surface area contributed by atoms with Gasteiger partial charge in [-0.1, -0.05) is 66.4 Å². The third-order valence-electron chi connectivity index (χ3n) is 6.50. The van der Waals surface area contributed by atoms with Crippen LogP contribution in [0.4, 0.5) is 0 Å². The van der Waals surface area contributed by atoms with Crippen LogP contribution in [0.1, 0.15) is 41.6 Å². The number of aromatic nitrogens is 1. The molecule has 2 aromatic carbocycles. The van der Waals surface area contributed by atoms with E-state index in [1.165, 1.54) is 11.8 Å². The van der Waals surface area contributed by atoms with E-state index in [-0.39, 0.29) is 18.9 Å². The van der Waals surface area contributed by atoms with E-state index in [0.717, 1.165) is 33.1 Å². The number of fused-ring (bicyclic) bond motifs is 1. The van der Waals surface area contributed by atoms with Gasteiger partial charge < -0.3 is 15.0 Å². The number of esters is 1. The van der Waals surface area contributed by atoms with Gasteiger partial charge in [-0.2, -0.15) is 0 Å². The minimum atomic E-state index is -0.457. The molecule has 3 aromatic rings. The van der Waals surface area contributed by atoms with Gasteiger partial charge in [0.05, 0.1) is 23.7 Å². The molecule has 5 rings (SSSR count). The second-order valence-corrected chi connectivity index (χ2v) is 9.96. The van der Waals surface area contributed by atoms with E-state index in [1.54, 1.807) is 12.4 Å². The van der Waals surface area contributed by atoms with E-state index in [4.69, 9.17) is 9.73 Å². The Hall–Kier alpha value is -4.17. The van der Waals surface area contributed by atoms with Crippen molar-refractivity contribution in [2.75, 3.05) is 0 Å². The van der Waals surface area contributed by atoms with Crippen molar-refractivity contribution in [1.82, 2.24) is 15.2 Å². The number of aliphatic imine (C=N–C) groups is 1. The lowest BCUT2D eigenvalue weighted by Crippen LogP contribution is -2.38. The largest absolute Gasteiger partial charge is 0.457 e. The quantitative estimate of drug-likeness (QED) is 0.397. The number of benzene rings is 2. The Kier molecular flexibility index (Phi) is 7.70. The first-order valence-corrected chi connectivity index (χ1v) is 13.3. The number of hydrogen-bond donors (Lipinski definition) is 1. The van der Waals surface area contributed by atoms with Gasteiger partial charge in [-0.05, 0) is 53.6 Å². The normalized spacial score (nSPS) is 16.5. The fraction of sp³-hybridized carbons (Fsp3) is 0.200. The molecule has 0 fully saturated rings. The van der Waals surface area contributed by atoms with Gasteiger partial charge in [0.25, 0.3) is 0 Å². The van der Waals surface area contributed by atoms with Gasteiger partial charge in [0.1, 0.15) is 6.61 Å². The number of carbonyl (C=O) groups excluding carboxylic acids is 2. The van der Waals surface area contributed by atoms with Crippen molar-refractivity contribution in [3.8, 4) is 0 Å². The zero-order valence-corrected chi connectivity index (χ0v) is 22.1. The van der Waals surface area contributed by atoms with Gasteiger partial charge in [0.2, 0.25) is 5.91 Å². The second-order valence-electron chi connectivity index (χ2n) is 9.12. The molecule has 192 valence electrons. The van der Waals surface area contributed by atoms with Crippen molar-refractivity contribution in [3.05, 3.63) is 124 Å². The Bertz CT molecular complexity index is 1430. The Labute approximate surface area is 226 Å². The number of carbonyl (C=O) groups is 2. The van der Waals surface area contributed by atoms with Crippen LogP contribution in [0.25, 0.3) is 0 Å². The number of amidine groups is 1. The number of rotatable bonds is 8. The molecule has 3 heterocycles. The fourth-order valence-electron chi connectivity index (χ4n) is 4.55. The fourth-order valence-corrected chi connectivity index (χ4v) is 5.51. The van der Waals surface area contributed by atoms with Crippen LogP contribution >= 0.6 is 11.8 Å². The Morgan fingerprint density at radius 3 is 2.47 bits per heavy atom. The summed E-state index contributed by atoms with van der Waals surface area (Å²) in [6.07, 6.45) is 3.56. The monoisotopic (exact) mass is 524 g/mol. The maximum Gasteiger partial charge on any atom is 0.338 e. The highest BCUT2D eigenvalue weighted by Gasteiger charge is 2.41. The highest BCUT2D eigenvalue weighted by molar-refractivity contribution is 8.16. The third kappa shape index (κ3) is 5.55. The van der Waals surface area contributed by atoms with Crippen LogP contribution in [0, 0.1) is 6.92 Å². The lowest BCUT2D eigenvalue weighted by Gasteiger charge is -2.37. The number of nitrogens with one attached hydrogen (secondary N) is 1. The van der Waals surface area contributed by atoms with Crippen molar-refractivity contribution >= 4 is 28.8 Å². The van der Waals surface area contributed by atoms with E-state index in [2.05, 4.69) is 10.3 Å². The molecule has 1 unspecified atom stereocenters. The summed E-state index contributed by atoms with van der Waals surface area (Å²) in [5.74, 6) is -0.529. The van der Waals surface area contributed by atoms with Gasteiger partial charge in [-0.15, -0.1) is 0 Å². The smallest absolute Gasteiger partial charge is 0.338 e. The number of nitrogens with zero attached hydrogens (tertiary/aromatic N) is 3. The van der Waals surface area contributed by atoms with E-state index >= 15 is 0 Å². The zero-order valence-electron chi connectivity index (χ0n) is 21.3. The zero-order chi connectivity index (χ0) is 26.5. The molecule has 2 aliphatic rings. The summed E-state index contributed by atoms with van der Waals surface area (Å²) in [6, 6.07) is 20.9. The molecule has 8 heteroatoms. The molecule has 0 spiro atoms. The number of allylic oxidation sites excluding steroid dienone is 1. The van der Waals surface area contributed by atoms with Gasteiger partial charge in [0, 0.05) is 24.6 Å². The first kappa shape index (κ1) is 25.5. The summed E-state index contributed by atoms with van der Waals surface area (Å²) < 4.78 is 5.78. The lowest BCUT2D eigenvalue weighted by atomic mass is 9.91. The Morgan fingerprint density at radius 1 is 0.974 bits per heavy atom. The van der Waals surface area contributed by atoms with E-state index in [1.807, 2.05) is 90.9 Å². The van der Waals surface area contributed by atoms with Gasteiger partial charge in [-0.3, -0.25) is 9.78 Å². The number of pyridine rings is 1. The summed E-state index contributed by atoms with van der Waals surface area (Å²) >= 11 is 1.46. The summed E-state index contributed by atoms with van der Waals surface area (Å²) in [5, 5.41) is 5.67. The standard InChI is InChI=1S/C30H28N4O3S/c1-20-8-6-7-11-25(20)28-27(29(36)37-18-23-9-4-3-5-10-23)21(2)33-30-34(28)24(19-38-30)16-26(35)32-17-22-12-14-31-15-13-22/h3-15,19,28H,16-18H2,1-2H3,(H,32,35). The average Bonchev–Trinajstić information content (AvgIpc) is 3.33. The summed E-state index contributed by atoms with van der Waals surface area (Å²) in [4.78, 5) is 37.3. The van der Waals surface area contributed by atoms with Crippen molar-refractivity contribution in [2.24, 2.45) is 4.99 Å². The molecule has 0 saturated carbocycles. The molecule has 0 bridgehead atoms. The minimum Gasteiger partial charge on any atom is -0.457 e. The number of hydrogen-bond acceptors (Lipinski definition) is 7. The number of amides is 1. The molecule has 7 nitrogen and oxygen atoms in total. The second kappa shape index (κ2) is 11.5. The van der Waals surface area contributed by atoms with Gasteiger partial charge in [0.15, 0.2) is 5.17 Å². The van der Waals surface area contributed by atoms with E-state index < -0.39 is 12.0 Å². The van der Waals surface area contributed by atoms with Crippen LogP contribution in [0.3, 0.4) is 0 Å². The summed E-state index contributed by atoms with van der Waals surface area (Å²) in [5.41, 5.74) is 5.78. The molecular formula is C30H28N4O3S. The molecule has 0 saturated heterocycles. The third-order valence-corrected chi connectivity index (χ3v) is 7.39. The Balaban J connectivity index is 1.41. The van der Waals surface area contributed by atoms with Crippen molar-refractivity contribution in [1.29, 1.82) is 0 Å². The highest BCUT2D eigenvalue weighted by Crippen LogP contribution is 2.45. The predicted octanol–water partition coefficient (Wildman–Crippen LogP) is 5.41. The van der Waals surface area contributed by atoms with Crippen LogP contribution < -0.4 is 5.32 Å². The lowest BCUT2D eigenvalue weighted by molar-refractivity contribution is -0.141. The first-order valence-electron chi connectivity index (χ1n) is 12.4. The van der Waals surface area contributed by atoms with Crippen LogP contribution in [-0.4, -0.2) is 26.9 Å². The maximum absolute atomic E-state index is 13.6. The van der Waals surface area contributed by atoms with Crippen LogP contribution in [0.5, 0.6) is 0 Å². The molecule has 38 heavy (non-hydrogen) atoms. The summed E-state index contributed by atoms with van der Waals surface area (Å²) in [7, 11) is 0. The molecule has 1 N–H and O–H groups in total. The topological polar surface area (TPSA) is 83.9 Å². The minimum absolute atomic E-state index is 0.113. The molecule has 2 aliphatic heterocycles. The van der Waals surface area contributed by atoms with Gasteiger partial charge in [-0.25, -0.2) is 9.79 Å². The van der Waals surface area contributed by atoms with Gasteiger partial charge >= 0.3 is 5.97 Å². The summed E-state index contributed by atoms with van der Waals surface area (Å²) in [6.45, 7) is 4.45.